The molecule has 3 aliphatic rings. The van der Waals surface area contributed by atoms with Gasteiger partial charge < -0.3 is 4.74 Å². The van der Waals surface area contributed by atoms with E-state index in [-0.39, 0.29) is 23.8 Å². The lowest BCUT2D eigenvalue weighted by Crippen LogP contribution is -2.23. The highest BCUT2D eigenvalue weighted by molar-refractivity contribution is 5.97. The van der Waals surface area contributed by atoms with Crippen LogP contribution in [0.2, 0.25) is 0 Å². The van der Waals surface area contributed by atoms with Crippen molar-refractivity contribution in [3.8, 4) is 0 Å². The summed E-state index contributed by atoms with van der Waals surface area (Å²) in [6.07, 6.45) is 3.33. The van der Waals surface area contributed by atoms with Gasteiger partial charge in [0.25, 0.3) is 0 Å². The van der Waals surface area contributed by atoms with Crippen LogP contribution in [0.15, 0.2) is 0 Å². The fourth-order valence-electron chi connectivity index (χ4n) is 3.67. The Bertz CT molecular complexity index is 310. The molecular weight excluding hydrogens is 180 g/mol. The molecule has 1 aliphatic heterocycles. The summed E-state index contributed by atoms with van der Waals surface area (Å²) in [4.78, 5) is 23.0. The van der Waals surface area contributed by atoms with Gasteiger partial charge in [0.05, 0.1) is 11.8 Å². The van der Waals surface area contributed by atoms with E-state index in [1.165, 1.54) is 6.42 Å². The van der Waals surface area contributed by atoms with E-state index >= 15 is 0 Å². The monoisotopic (exact) mass is 194 g/mol. The summed E-state index contributed by atoms with van der Waals surface area (Å²) in [5.41, 5.74) is 0. The Morgan fingerprint density at radius 2 is 1.86 bits per heavy atom. The number of fused-ring (bicyclic) bond motifs is 5. The van der Waals surface area contributed by atoms with E-state index < -0.39 is 0 Å². The number of ether oxygens (including phenoxy) is 1. The van der Waals surface area contributed by atoms with Crippen LogP contribution in [0, 0.1) is 29.6 Å². The van der Waals surface area contributed by atoms with Gasteiger partial charge in [-0.3, -0.25) is 9.59 Å². The van der Waals surface area contributed by atoms with Gasteiger partial charge in [0.1, 0.15) is 0 Å². The molecule has 3 rings (SSSR count). The average Bonchev–Trinajstić information content (AvgIpc) is 2.60. The summed E-state index contributed by atoms with van der Waals surface area (Å²) in [5, 5.41) is 0. The normalized spacial score (nSPS) is 50.5. The van der Waals surface area contributed by atoms with Crippen molar-refractivity contribution < 1.29 is 14.3 Å². The first-order chi connectivity index (χ1) is 6.68. The zero-order valence-electron chi connectivity index (χ0n) is 8.23. The third-order valence-electron chi connectivity index (χ3n) is 4.40. The molecule has 3 heteroatoms. The lowest BCUT2D eigenvalue weighted by Gasteiger charge is -2.27. The Morgan fingerprint density at radius 3 is 2.64 bits per heavy atom. The standard InChI is InChI=1S/C11H14O3/c1-5-2-3-6-4-7(5)9-8(6)10(12)14-11(9)13/h5-9H,2-4H2,1H3. The molecule has 5 atom stereocenters. The summed E-state index contributed by atoms with van der Waals surface area (Å²) in [6, 6.07) is 0. The summed E-state index contributed by atoms with van der Waals surface area (Å²) in [5.74, 6) is 0.753. The number of cyclic esters (lactones) is 2. The van der Waals surface area contributed by atoms with Gasteiger partial charge in [-0.25, -0.2) is 0 Å². The molecule has 0 aromatic rings. The maximum Gasteiger partial charge on any atom is 0.317 e. The first kappa shape index (κ1) is 8.45. The zero-order chi connectivity index (χ0) is 9.87. The van der Waals surface area contributed by atoms with E-state index in [0.29, 0.717) is 17.8 Å². The van der Waals surface area contributed by atoms with Crippen LogP contribution >= 0.6 is 0 Å². The van der Waals surface area contributed by atoms with E-state index in [4.69, 9.17) is 4.74 Å². The minimum absolute atomic E-state index is 0.0857. The molecular formula is C11H14O3. The molecule has 5 unspecified atom stereocenters. The second kappa shape index (κ2) is 2.59. The Morgan fingerprint density at radius 1 is 1.14 bits per heavy atom. The summed E-state index contributed by atoms with van der Waals surface area (Å²) >= 11 is 0. The molecule has 1 saturated heterocycles. The van der Waals surface area contributed by atoms with Crippen molar-refractivity contribution in [3.05, 3.63) is 0 Å². The number of esters is 2. The van der Waals surface area contributed by atoms with E-state index in [1.807, 2.05) is 0 Å². The molecule has 2 bridgehead atoms. The summed E-state index contributed by atoms with van der Waals surface area (Å²) in [6.45, 7) is 2.19. The highest BCUT2D eigenvalue weighted by atomic mass is 16.6. The molecule has 0 spiro atoms. The van der Waals surface area contributed by atoms with Gasteiger partial charge in [-0.1, -0.05) is 13.3 Å². The number of rotatable bonds is 0. The maximum atomic E-state index is 11.5. The molecule has 2 saturated carbocycles. The summed E-state index contributed by atoms with van der Waals surface area (Å²) in [7, 11) is 0. The van der Waals surface area contributed by atoms with Crippen LogP contribution in [0.5, 0.6) is 0 Å². The lowest BCUT2D eigenvalue weighted by atomic mass is 9.79. The fourth-order valence-corrected chi connectivity index (χ4v) is 3.67. The second-order valence-corrected chi connectivity index (χ2v) is 5.01. The van der Waals surface area contributed by atoms with Gasteiger partial charge >= 0.3 is 11.9 Å². The van der Waals surface area contributed by atoms with E-state index in [2.05, 4.69) is 6.92 Å². The Hall–Kier alpha value is -0.860. The average molecular weight is 194 g/mol. The van der Waals surface area contributed by atoms with E-state index in [1.54, 1.807) is 0 Å². The van der Waals surface area contributed by atoms with Crippen LogP contribution in [0.1, 0.15) is 26.2 Å². The molecule has 0 N–H and O–H groups in total. The Labute approximate surface area is 82.8 Å². The van der Waals surface area contributed by atoms with Gasteiger partial charge in [-0.2, -0.15) is 0 Å². The third kappa shape index (κ3) is 0.877. The largest absolute Gasteiger partial charge is 0.393 e. The van der Waals surface area contributed by atoms with Crippen LogP contribution in [-0.2, 0) is 14.3 Å². The molecule has 0 radical (unpaired) electrons. The number of hydrogen-bond donors (Lipinski definition) is 0. The van der Waals surface area contributed by atoms with E-state index in [0.717, 1.165) is 12.8 Å². The van der Waals surface area contributed by atoms with Crippen molar-refractivity contribution in [3.63, 3.8) is 0 Å². The van der Waals surface area contributed by atoms with Crippen molar-refractivity contribution in [2.24, 2.45) is 29.6 Å². The maximum absolute atomic E-state index is 11.5. The van der Waals surface area contributed by atoms with Crippen molar-refractivity contribution in [1.82, 2.24) is 0 Å². The SMILES string of the molecule is CC1CCC2CC1C1C(=O)OC(=O)C21. The highest BCUT2D eigenvalue weighted by Crippen LogP contribution is 2.55. The predicted molar refractivity (Wildman–Crippen MR) is 48.1 cm³/mol. The van der Waals surface area contributed by atoms with Crippen LogP contribution < -0.4 is 0 Å². The van der Waals surface area contributed by atoms with Gasteiger partial charge in [-0.15, -0.1) is 0 Å². The zero-order valence-corrected chi connectivity index (χ0v) is 8.23. The molecule has 0 aromatic carbocycles. The first-order valence-corrected chi connectivity index (χ1v) is 5.44. The molecule has 2 aliphatic carbocycles. The number of carbonyl (C=O) groups is 2. The molecule has 0 aromatic heterocycles. The molecule has 1 heterocycles. The molecule has 0 amide bonds. The number of carbonyl (C=O) groups excluding carboxylic acids is 2. The van der Waals surface area contributed by atoms with E-state index in [9.17, 15) is 9.59 Å². The first-order valence-electron chi connectivity index (χ1n) is 5.44. The summed E-state index contributed by atoms with van der Waals surface area (Å²) < 4.78 is 4.74. The van der Waals surface area contributed by atoms with Gasteiger partial charge in [0, 0.05) is 0 Å². The highest BCUT2D eigenvalue weighted by Gasteiger charge is 2.59. The molecule has 76 valence electrons. The molecule has 3 fully saturated rings. The van der Waals surface area contributed by atoms with Crippen LogP contribution in [0.3, 0.4) is 0 Å². The Kier molecular flexibility index (Phi) is 1.56. The van der Waals surface area contributed by atoms with Crippen LogP contribution in [0.4, 0.5) is 0 Å². The minimum atomic E-state index is -0.249. The smallest absolute Gasteiger partial charge is 0.317 e. The van der Waals surface area contributed by atoms with Crippen molar-refractivity contribution in [2.75, 3.05) is 0 Å². The van der Waals surface area contributed by atoms with Crippen LogP contribution in [-0.4, -0.2) is 11.9 Å². The van der Waals surface area contributed by atoms with Crippen LogP contribution in [0.25, 0.3) is 0 Å². The Balaban J connectivity index is 2.00. The van der Waals surface area contributed by atoms with Gasteiger partial charge in [0.2, 0.25) is 0 Å². The van der Waals surface area contributed by atoms with Crippen molar-refractivity contribution >= 4 is 11.9 Å². The fraction of sp³-hybridized carbons (Fsp3) is 0.818. The number of hydrogen-bond acceptors (Lipinski definition) is 3. The second-order valence-electron chi connectivity index (χ2n) is 5.01. The minimum Gasteiger partial charge on any atom is -0.393 e. The van der Waals surface area contributed by atoms with Crippen molar-refractivity contribution in [1.29, 1.82) is 0 Å². The lowest BCUT2D eigenvalue weighted by molar-refractivity contribution is -0.155. The van der Waals surface area contributed by atoms with Crippen molar-refractivity contribution in [2.45, 2.75) is 26.2 Å². The topological polar surface area (TPSA) is 43.4 Å². The third-order valence-corrected chi connectivity index (χ3v) is 4.40. The molecule has 3 nitrogen and oxygen atoms in total. The van der Waals surface area contributed by atoms with Gasteiger partial charge in [-0.05, 0) is 30.6 Å². The predicted octanol–water partition coefficient (Wildman–Crippen LogP) is 1.37. The molecule has 14 heavy (non-hydrogen) atoms. The quantitative estimate of drug-likeness (QED) is 0.432. The van der Waals surface area contributed by atoms with Gasteiger partial charge in [0.15, 0.2) is 0 Å².